The molecule has 2 aromatic heterocycles. The van der Waals surface area contributed by atoms with E-state index in [1.54, 1.807) is 0 Å². The van der Waals surface area contributed by atoms with E-state index in [2.05, 4.69) is 36.1 Å². The number of para-hydroxylation sites is 1. The number of fused-ring (bicyclic) bond motifs is 2. The predicted molar refractivity (Wildman–Crippen MR) is 104 cm³/mol. The van der Waals surface area contributed by atoms with Crippen LogP contribution in [0.25, 0.3) is 21.8 Å². The van der Waals surface area contributed by atoms with Crippen LogP contribution in [0.15, 0.2) is 57.2 Å². The van der Waals surface area contributed by atoms with E-state index in [4.69, 9.17) is 0 Å². The Labute approximate surface area is 157 Å². The van der Waals surface area contributed by atoms with Gasteiger partial charge in [0.2, 0.25) is 5.88 Å². The van der Waals surface area contributed by atoms with Gasteiger partial charge < -0.3 is 15.1 Å². The van der Waals surface area contributed by atoms with Crippen molar-refractivity contribution >= 4 is 49.3 Å². The lowest BCUT2D eigenvalue weighted by Crippen LogP contribution is -1.99. The molecule has 0 bridgehead atoms. The van der Waals surface area contributed by atoms with Crippen molar-refractivity contribution in [2.24, 2.45) is 10.2 Å². The van der Waals surface area contributed by atoms with Crippen molar-refractivity contribution in [2.75, 3.05) is 0 Å². The molecule has 4 aromatic rings. The molecular weight excluding hydrogens is 396 g/mol. The first-order valence-electron chi connectivity index (χ1n) is 8.04. The fourth-order valence-corrected chi connectivity index (χ4v) is 3.45. The van der Waals surface area contributed by atoms with Gasteiger partial charge in [0, 0.05) is 26.5 Å². The van der Waals surface area contributed by atoms with Gasteiger partial charge in [0.1, 0.15) is 0 Å². The topological polar surface area (TPSA) is 93.6 Å². The highest BCUT2D eigenvalue weighted by Crippen LogP contribution is 2.35. The van der Waals surface area contributed by atoms with Crippen LogP contribution in [-0.4, -0.2) is 21.0 Å². The molecule has 6 nitrogen and oxygen atoms in total. The lowest BCUT2D eigenvalue weighted by Gasteiger charge is -1.98. The van der Waals surface area contributed by atoms with E-state index in [1.165, 1.54) is 0 Å². The number of halogens is 1. The highest BCUT2D eigenvalue weighted by molar-refractivity contribution is 9.10. The molecule has 2 aromatic carbocycles. The van der Waals surface area contributed by atoms with Gasteiger partial charge >= 0.3 is 0 Å². The summed E-state index contributed by atoms with van der Waals surface area (Å²) in [6.07, 6.45) is 0.134. The Morgan fingerprint density at radius 3 is 2.73 bits per heavy atom. The quantitative estimate of drug-likeness (QED) is 0.400. The molecule has 0 aliphatic heterocycles. The van der Waals surface area contributed by atoms with Crippen LogP contribution in [0.2, 0.25) is 0 Å². The molecule has 0 aliphatic rings. The number of rotatable bonds is 3. The Morgan fingerprint density at radius 1 is 1.12 bits per heavy atom. The lowest BCUT2D eigenvalue weighted by atomic mass is 10.1. The molecule has 2 heterocycles. The Bertz CT molecular complexity index is 1170. The average Bonchev–Trinajstić information content (AvgIpc) is 3.09. The molecule has 0 saturated heterocycles. The first-order chi connectivity index (χ1) is 12.5. The summed E-state index contributed by atoms with van der Waals surface area (Å²) in [6.45, 7) is 1.93. The monoisotopic (exact) mass is 410 g/mol. The number of aromatic hydroxyl groups is 1. The SMILES string of the molecule is Cc1[nH]c2ccc(Br)cc2c1CC(=O)N=Nc1c(O)[nH]c2ccccc12. The Balaban J connectivity index is 1.63. The maximum absolute atomic E-state index is 12.4. The van der Waals surface area contributed by atoms with Gasteiger partial charge in [-0.1, -0.05) is 34.1 Å². The van der Waals surface area contributed by atoms with Crippen LogP contribution >= 0.6 is 15.9 Å². The summed E-state index contributed by atoms with van der Waals surface area (Å²) < 4.78 is 0.947. The predicted octanol–water partition coefficient (Wildman–Crippen LogP) is 5.28. The third kappa shape index (κ3) is 2.90. The van der Waals surface area contributed by atoms with E-state index in [1.807, 2.05) is 49.4 Å². The van der Waals surface area contributed by atoms with E-state index in [9.17, 15) is 9.90 Å². The van der Waals surface area contributed by atoms with Gasteiger partial charge in [-0.25, -0.2) is 0 Å². The number of benzene rings is 2. The first-order valence-corrected chi connectivity index (χ1v) is 8.83. The molecule has 7 heteroatoms. The molecule has 130 valence electrons. The Hall–Kier alpha value is -2.93. The maximum atomic E-state index is 12.4. The minimum Gasteiger partial charge on any atom is -0.493 e. The molecule has 0 spiro atoms. The van der Waals surface area contributed by atoms with Crippen molar-refractivity contribution < 1.29 is 9.90 Å². The van der Waals surface area contributed by atoms with E-state index >= 15 is 0 Å². The Kier molecular flexibility index (Phi) is 4.08. The zero-order chi connectivity index (χ0) is 18.3. The summed E-state index contributed by atoms with van der Waals surface area (Å²) in [5.41, 5.74) is 3.81. The van der Waals surface area contributed by atoms with Gasteiger partial charge in [0.15, 0.2) is 5.69 Å². The first kappa shape index (κ1) is 16.5. The summed E-state index contributed by atoms with van der Waals surface area (Å²) >= 11 is 3.46. The lowest BCUT2D eigenvalue weighted by molar-refractivity contribution is -0.117. The number of aromatic amines is 2. The largest absolute Gasteiger partial charge is 0.493 e. The van der Waals surface area contributed by atoms with Gasteiger partial charge in [0.05, 0.1) is 11.9 Å². The van der Waals surface area contributed by atoms with E-state index in [-0.39, 0.29) is 23.9 Å². The highest BCUT2D eigenvalue weighted by atomic mass is 79.9. The molecule has 0 fully saturated rings. The van der Waals surface area contributed by atoms with Crippen LogP contribution in [0.4, 0.5) is 5.69 Å². The summed E-state index contributed by atoms with van der Waals surface area (Å²) in [7, 11) is 0. The zero-order valence-corrected chi connectivity index (χ0v) is 15.5. The van der Waals surface area contributed by atoms with E-state index < -0.39 is 0 Å². The Morgan fingerprint density at radius 2 is 1.88 bits per heavy atom. The maximum Gasteiger partial charge on any atom is 0.269 e. The third-order valence-electron chi connectivity index (χ3n) is 4.33. The summed E-state index contributed by atoms with van der Waals surface area (Å²) in [5.74, 6) is -0.478. The van der Waals surface area contributed by atoms with Crippen LogP contribution in [0.3, 0.4) is 0 Å². The van der Waals surface area contributed by atoms with Crippen molar-refractivity contribution in [1.82, 2.24) is 9.97 Å². The van der Waals surface area contributed by atoms with Crippen LogP contribution in [0, 0.1) is 6.92 Å². The number of hydrogen-bond acceptors (Lipinski definition) is 3. The van der Waals surface area contributed by atoms with E-state index in [0.717, 1.165) is 32.1 Å². The summed E-state index contributed by atoms with van der Waals surface area (Å²) in [5, 5.41) is 19.5. The summed E-state index contributed by atoms with van der Waals surface area (Å²) in [6, 6.07) is 13.2. The second-order valence-electron chi connectivity index (χ2n) is 6.06. The van der Waals surface area contributed by atoms with E-state index in [0.29, 0.717) is 5.39 Å². The number of carbonyl (C=O) groups is 1. The molecule has 0 saturated carbocycles. The highest BCUT2D eigenvalue weighted by Gasteiger charge is 2.14. The van der Waals surface area contributed by atoms with Gasteiger partial charge in [-0.05, 0) is 36.8 Å². The third-order valence-corrected chi connectivity index (χ3v) is 4.82. The molecule has 1 amide bonds. The number of hydrogen-bond donors (Lipinski definition) is 3. The molecule has 26 heavy (non-hydrogen) atoms. The number of nitrogens with zero attached hydrogens (tertiary/aromatic N) is 2. The normalized spacial score (nSPS) is 11.8. The molecule has 4 rings (SSSR count). The summed E-state index contributed by atoms with van der Waals surface area (Å²) in [4.78, 5) is 18.4. The average molecular weight is 411 g/mol. The number of amides is 1. The van der Waals surface area contributed by atoms with Gasteiger partial charge in [-0.3, -0.25) is 4.79 Å². The molecule has 0 radical (unpaired) electrons. The molecular formula is C19H15BrN4O2. The molecule has 3 N–H and O–H groups in total. The fraction of sp³-hybridized carbons (Fsp3) is 0.105. The van der Waals surface area contributed by atoms with Gasteiger partial charge in [-0.15, -0.1) is 10.2 Å². The van der Waals surface area contributed by atoms with Crippen LogP contribution < -0.4 is 0 Å². The van der Waals surface area contributed by atoms with Crippen LogP contribution in [-0.2, 0) is 11.2 Å². The standard InChI is InChI=1S/C19H15BrN4O2/c1-10-13(14-8-11(20)6-7-16(14)21-10)9-17(25)23-24-18-12-4-2-3-5-15(12)22-19(18)26/h2-8,21-22,26H,9H2,1H3. The number of aromatic nitrogens is 2. The van der Waals surface area contributed by atoms with Crippen molar-refractivity contribution in [2.45, 2.75) is 13.3 Å². The number of carbonyl (C=O) groups excluding carboxylic acids is 1. The van der Waals surface area contributed by atoms with Crippen LogP contribution in [0.5, 0.6) is 5.88 Å². The van der Waals surface area contributed by atoms with Crippen LogP contribution in [0.1, 0.15) is 11.3 Å². The molecule has 0 unspecified atom stereocenters. The van der Waals surface area contributed by atoms with Gasteiger partial charge in [-0.2, -0.15) is 0 Å². The smallest absolute Gasteiger partial charge is 0.269 e. The fourth-order valence-electron chi connectivity index (χ4n) is 3.09. The number of H-pyrrole nitrogens is 2. The molecule has 0 aliphatic carbocycles. The molecule has 0 atom stereocenters. The number of azo groups is 1. The second-order valence-corrected chi connectivity index (χ2v) is 6.97. The minimum atomic E-state index is -0.376. The number of aryl methyl sites for hydroxylation is 1. The second kappa shape index (κ2) is 6.42. The van der Waals surface area contributed by atoms with Crippen molar-refractivity contribution in [3.05, 3.63) is 58.2 Å². The minimum absolute atomic E-state index is 0.102. The van der Waals surface area contributed by atoms with Crippen molar-refractivity contribution in [3.63, 3.8) is 0 Å². The van der Waals surface area contributed by atoms with Crippen molar-refractivity contribution in [3.8, 4) is 5.88 Å². The number of nitrogens with one attached hydrogen (secondary N) is 2. The van der Waals surface area contributed by atoms with Crippen molar-refractivity contribution in [1.29, 1.82) is 0 Å². The van der Waals surface area contributed by atoms with Gasteiger partial charge in [0.25, 0.3) is 5.91 Å². The zero-order valence-electron chi connectivity index (χ0n) is 13.9.